The Balaban J connectivity index is 2.61. The number of carboxylic acid groups (broad SMARTS) is 1. The summed E-state index contributed by atoms with van der Waals surface area (Å²) in [6, 6.07) is -0.535. The van der Waals surface area contributed by atoms with Crippen LogP contribution in [0.4, 0.5) is 0 Å². The Morgan fingerprint density at radius 3 is 2.67 bits per heavy atom. The molecule has 0 aliphatic heterocycles. The topological polar surface area (TPSA) is 67.2 Å². The van der Waals surface area contributed by atoms with E-state index in [1.165, 1.54) is 0 Å². The lowest BCUT2D eigenvalue weighted by molar-refractivity contribution is -0.139. The average Bonchev–Trinajstić information content (AvgIpc) is 2.56. The molecule has 0 aromatic carbocycles. The molecule has 0 aliphatic rings. The van der Waals surface area contributed by atoms with Gasteiger partial charge in [-0.25, -0.2) is 0 Å². The number of rotatable bonds is 7. The van der Waals surface area contributed by atoms with E-state index in [9.17, 15) is 4.79 Å². The number of halogens is 1. The molecule has 0 radical (unpaired) electrons. The van der Waals surface area contributed by atoms with E-state index in [1.807, 2.05) is 20.8 Å². The quantitative estimate of drug-likeness (QED) is 0.797. The first kappa shape index (κ1) is 15.0. The molecular formula is C12H20ClN3O2. The lowest BCUT2D eigenvalue weighted by atomic mass is 10.2. The van der Waals surface area contributed by atoms with Crippen LogP contribution in [0.15, 0.2) is 0 Å². The summed E-state index contributed by atoms with van der Waals surface area (Å²) in [6.07, 6.45) is 1.41. The predicted octanol–water partition coefficient (Wildman–Crippen LogP) is 2.00. The van der Waals surface area contributed by atoms with E-state index in [-0.39, 0.29) is 0 Å². The van der Waals surface area contributed by atoms with Gasteiger partial charge in [0.2, 0.25) is 0 Å². The largest absolute Gasteiger partial charge is 0.480 e. The molecule has 1 aromatic heterocycles. The second-order valence-electron chi connectivity index (χ2n) is 4.34. The summed E-state index contributed by atoms with van der Waals surface area (Å²) in [5, 5.41) is 17.0. The third-order valence-electron chi connectivity index (χ3n) is 2.86. The van der Waals surface area contributed by atoms with Gasteiger partial charge in [0.1, 0.15) is 6.04 Å². The van der Waals surface area contributed by atoms with Crippen LogP contribution in [-0.2, 0) is 11.3 Å². The van der Waals surface area contributed by atoms with E-state index in [0.29, 0.717) is 24.5 Å². The van der Waals surface area contributed by atoms with Crippen molar-refractivity contribution in [1.29, 1.82) is 0 Å². The number of aromatic nitrogens is 2. The van der Waals surface area contributed by atoms with E-state index in [0.717, 1.165) is 17.8 Å². The Morgan fingerprint density at radius 1 is 1.56 bits per heavy atom. The highest BCUT2D eigenvalue weighted by molar-refractivity contribution is 6.31. The maximum absolute atomic E-state index is 11.1. The van der Waals surface area contributed by atoms with Crippen molar-refractivity contribution in [1.82, 2.24) is 15.1 Å². The lowest BCUT2D eigenvalue weighted by Crippen LogP contribution is -2.38. The van der Waals surface area contributed by atoms with Gasteiger partial charge in [0.15, 0.2) is 0 Å². The number of hydrogen-bond acceptors (Lipinski definition) is 3. The van der Waals surface area contributed by atoms with Gasteiger partial charge in [0.05, 0.1) is 16.4 Å². The summed E-state index contributed by atoms with van der Waals surface area (Å²) in [5.74, 6) is -0.823. The molecule has 18 heavy (non-hydrogen) atoms. The molecule has 0 saturated carbocycles. The molecule has 1 atom stereocenters. The molecule has 1 rings (SSSR count). The maximum Gasteiger partial charge on any atom is 0.320 e. The molecule has 102 valence electrons. The molecule has 0 bridgehead atoms. The number of carbonyl (C=O) groups is 1. The van der Waals surface area contributed by atoms with Gasteiger partial charge in [-0.2, -0.15) is 5.10 Å². The summed E-state index contributed by atoms with van der Waals surface area (Å²) in [7, 11) is 0. The van der Waals surface area contributed by atoms with Crippen LogP contribution in [0.2, 0.25) is 5.02 Å². The Kier molecular flexibility index (Phi) is 5.62. The number of aryl methyl sites for hydroxylation is 2. The monoisotopic (exact) mass is 273 g/mol. The third kappa shape index (κ3) is 3.71. The van der Waals surface area contributed by atoms with Crippen LogP contribution in [0.5, 0.6) is 0 Å². The first-order chi connectivity index (χ1) is 8.47. The molecule has 0 spiro atoms. The van der Waals surface area contributed by atoms with Gasteiger partial charge in [-0.3, -0.25) is 9.48 Å². The molecule has 1 heterocycles. The van der Waals surface area contributed by atoms with Crippen LogP contribution in [0.25, 0.3) is 0 Å². The predicted molar refractivity (Wildman–Crippen MR) is 71.0 cm³/mol. The number of carboxylic acids is 1. The van der Waals surface area contributed by atoms with Crippen LogP contribution in [-0.4, -0.2) is 33.4 Å². The fourth-order valence-electron chi connectivity index (χ4n) is 1.78. The Bertz CT molecular complexity index is 418. The smallest absolute Gasteiger partial charge is 0.320 e. The van der Waals surface area contributed by atoms with Gasteiger partial charge in [-0.1, -0.05) is 18.5 Å². The molecule has 0 fully saturated rings. The van der Waals surface area contributed by atoms with Gasteiger partial charge < -0.3 is 10.4 Å². The Hall–Kier alpha value is -1.07. The van der Waals surface area contributed by atoms with E-state index < -0.39 is 12.0 Å². The van der Waals surface area contributed by atoms with E-state index in [4.69, 9.17) is 16.7 Å². The van der Waals surface area contributed by atoms with Gasteiger partial charge >= 0.3 is 5.97 Å². The van der Waals surface area contributed by atoms with Crippen LogP contribution in [0, 0.1) is 13.8 Å². The van der Waals surface area contributed by atoms with Crippen molar-refractivity contribution in [2.24, 2.45) is 0 Å². The molecule has 0 amide bonds. The minimum absolute atomic E-state index is 0.494. The highest BCUT2D eigenvalue weighted by Gasteiger charge is 2.17. The van der Waals surface area contributed by atoms with Crippen molar-refractivity contribution in [2.45, 2.75) is 46.2 Å². The van der Waals surface area contributed by atoms with Crippen molar-refractivity contribution in [3.63, 3.8) is 0 Å². The molecule has 5 nitrogen and oxygen atoms in total. The number of nitrogens with zero attached hydrogens (tertiary/aromatic N) is 2. The third-order valence-corrected chi connectivity index (χ3v) is 3.41. The number of aliphatic carboxylic acids is 1. The Morgan fingerprint density at radius 2 is 2.22 bits per heavy atom. The molecule has 2 N–H and O–H groups in total. The second kappa shape index (κ2) is 6.75. The van der Waals surface area contributed by atoms with Gasteiger partial charge in [0, 0.05) is 6.54 Å². The van der Waals surface area contributed by atoms with Crippen molar-refractivity contribution in [2.75, 3.05) is 6.54 Å². The second-order valence-corrected chi connectivity index (χ2v) is 4.72. The highest BCUT2D eigenvalue weighted by atomic mass is 35.5. The van der Waals surface area contributed by atoms with Crippen LogP contribution in [0.1, 0.15) is 31.2 Å². The fourth-order valence-corrected chi connectivity index (χ4v) is 1.91. The van der Waals surface area contributed by atoms with E-state index in [1.54, 1.807) is 4.68 Å². The van der Waals surface area contributed by atoms with Crippen LogP contribution in [0.3, 0.4) is 0 Å². The summed E-state index contributed by atoms with van der Waals surface area (Å²) >= 11 is 6.04. The fraction of sp³-hybridized carbons (Fsp3) is 0.667. The zero-order valence-corrected chi connectivity index (χ0v) is 11.8. The normalized spacial score (nSPS) is 12.7. The lowest BCUT2D eigenvalue weighted by Gasteiger charge is -2.14. The Labute approximate surface area is 112 Å². The summed E-state index contributed by atoms with van der Waals surface area (Å²) in [5.41, 5.74) is 1.66. The van der Waals surface area contributed by atoms with Gasteiger partial charge in [0.25, 0.3) is 0 Å². The summed E-state index contributed by atoms with van der Waals surface area (Å²) in [6.45, 7) is 6.99. The molecular weight excluding hydrogens is 254 g/mol. The standard InChI is InChI=1S/C12H20ClN3O2/c1-4-6-14-10(12(17)18)5-7-16-9(3)11(13)8(2)15-16/h10,14H,4-7H2,1-3H3,(H,17,18). The molecule has 0 aliphatic carbocycles. The average molecular weight is 274 g/mol. The number of hydrogen-bond donors (Lipinski definition) is 2. The van der Waals surface area contributed by atoms with Crippen molar-refractivity contribution in [3.05, 3.63) is 16.4 Å². The first-order valence-corrected chi connectivity index (χ1v) is 6.50. The van der Waals surface area contributed by atoms with Crippen LogP contribution >= 0.6 is 11.6 Å². The molecule has 6 heteroatoms. The highest BCUT2D eigenvalue weighted by Crippen LogP contribution is 2.19. The first-order valence-electron chi connectivity index (χ1n) is 6.13. The number of nitrogens with one attached hydrogen (secondary N) is 1. The van der Waals surface area contributed by atoms with E-state index >= 15 is 0 Å². The zero-order valence-electron chi connectivity index (χ0n) is 11.0. The van der Waals surface area contributed by atoms with Gasteiger partial charge in [-0.15, -0.1) is 0 Å². The minimum Gasteiger partial charge on any atom is -0.480 e. The van der Waals surface area contributed by atoms with Crippen molar-refractivity contribution >= 4 is 17.6 Å². The molecule has 1 aromatic rings. The molecule has 1 unspecified atom stereocenters. The minimum atomic E-state index is -0.823. The van der Waals surface area contributed by atoms with Gasteiger partial charge in [-0.05, 0) is 33.2 Å². The van der Waals surface area contributed by atoms with E-state index in [2.05, 4.69) is 10.4 Å². The molecule has 0 saturated heterocycles. The zero-order chi connectivity index (χ0) is 13.7. The van der Waals surface area contributed by atoms with Crippen molar-refractivity contribution in [3.8, 4) is 0 Å². The summed E-state index contributed by atoms with van der Waals surface area (Å²) < 4.78 is 1.77. The summed E-state index contributed by atoms with van der Waals surface area (Å²) in [4.78, 5) is 11.1. The maximum atomic E-state index is 11.1. The van der Waals surface area contributed by atoms with Crippen LogP contribution < -0.4 is 5.32 Å². The SMILES string of the molecule is CCCNC(CCn1nc(C)c(Cl)c1C)C(=O)O. The van der Waals surface area contributed by atoms with Crippen molar-refractivity contribution < 1.29 is 9.90 Å².